The molecule has 23 heavy (non-hydrogen) atoms. The third-order valence-corrected chi connectivity index (χ3v) is 3.00. The number of rotatable bonds is 4. The van der Waals surface area contributed by atoms with Crippen LogP contribution in [0.2, 0.25) is 5.02 Å². The summed E-state index contributed by atoms with van der Waals surface area (Å²) in [5.74, 6) is -1.71. The Labute approximate surface area is 137 Å². The molecule has 0 unspecified atom stereocenters. The summed E-state index contributed by atoms with van der Waals surface area (Å²) in [6, 6.07) is 9.48. The maximum Gasteiger partial charge on any atom is 0.338 e. The molecular weight excluding hydrogens is 320 g/mol. The maximum atomic E-state index is 12.0. The molecule has 0 heterocycles. The number of nitriles is 2. The zero-order valence-corrected chi connectivity index (χ0v) is 13.0. The number of methoxy groups -OCH3 is 2. The summed E-state index contributed by atoms with van der Waals surface area (Å²) in [6.45, 7) is 0. The Kier molecular flexibility index (Phi) is 6.54. The molecule has 0 N–H and O–H groups in total. The highest BCUT2D eigenvalue weighted by atomic mass is 35.5. The molecule has 0 atom stereocenters. The third kappa shape index (κ3) is 4.44. The van der Waals surface area contributed by atoms with Crippen molar-refractivity contribution in [3.63, 3.8) is 0 Å². The van der Waals surface area contributed by atoms with Gasteiger partial charge in [-0.25, -0.2) is 9.59 Å². The van der Waals surface area contributed by atoms with Crippen molar-refractivity contribution in [2.45, 2.75) is 0 Å². The quantitative estimate of drug-likeness (QED) is 0.364. The molecule has 116 valence electrons. The van der Waals surface area contributed by atoms with Gasteiger partial charge in [0, 0.05) is 16.7 Å². The second-order valence-electron chi connectivity index (χ2n) is 4.05. The largest absolute Gasteiger partial charge is 0.466 e. The number of hydrogen-bond acceptors (Lipinski definition) is 6. The van der Waals surface area contributed by atoms with Gasteiger partial charge in [0.25, 0.3) is 0 Å². The number of carbonyl (C=O) groups excluding carboxylic acids is 2. The Morgan fingerprint density at radius 3 is 2.09 bits per heavy atom. The van der Waals surface area contributed by atoms with Crippen LogP contribution in [0.4, 0.5) is 0 Å². The smallest absolute Gasteiger partial charge is 0.338 e. The molecule has 0 saturated heterocycles. The number of nitrogens with zero attached hydrogens (tertiary/aromatic N) is 2. The monoisotopic (exact) mass is 330 g/mol. The highest BCUT2D eigenvalue weighted by Gasteiger charge is 2.23. The van der Waals surface area contributed by atoms with Crippen LogP contribution in [0.3, 0.4) is 0 Å². The minimum absolute atomic E-state index is 0.0380. The fraction of sp³-hybridized carbons (Fsp3) is 0.125. The van der Waals surface area contributed by atoms with E-state index in [1.165, 1.54) is 24.3 Å². The second-order valence-corrected chi connectivity index (χ2v) is 4.49. The number of ether oxygens (including phenoxy) is 2. The molecule has 1 aromatic carbocycles. The molecular formula is C16H11ClN2O4. The van der Waals surface area contributed by atoms with E-state index in [0.29, 0.717) is 10.6 Å². The van der Waals surface area contributed by atoms with Crippen molar-refractivity contribution in [3.8, 4) is 12.1 Å². The van der Waals surface area contributed by atoms with E-state index in [4.69, 9.17) is 22.1 Å². The number of benzene rings is 1. The SMILES string of the molecule is COC(=O)/C=C(\C(=O)OC)C(=C(C#N)C#N)c1ccc(Cl)cc1. The zero-order valence-electron chi connectivity index (χ0n) is 12.3. The van der Waals surface area contributed by atoms with Crippen LogP contribution in [0.5, 0.6) is 0 Å². The van der Waals surface area contributed by atoms with Crippen molar-refractivity contribution in [1.82, 2.24) is 0 Å². The molecule has 0 aliphatic carbocycles. The first-order chi connectivity index (χ1) is 11.0. The Balaban J connectivity index is 3.71. The average molecular weight is 331 g/mol. The standard InChI is InChI=1S/C16H11ClN2O4/c1-22-14(20)7-13(16(21)23-2)15(11(8-18)9-19)10-3-5-12(17)6-4-10/h3-7H,1-2H3/b13-7-. The lowest BCUT2D eigenvalue weighted by Crippen LogP contribution is -2.11. The van der Waals surface area contributed by atoms with Crippen molar-refractivity contribution >= 4 is 29.1 Å². The second kappa shape index (κ2) is 8.38. The lowest BCUT2D eigenvalue weighted by atomic mass is 9.93. The molecule has 0 aliphatic heterocycles. The van der Waals surface area contributed by atoms with Gasteiger partial charge >= 0.3 is 11.9 Å². The maximum absolute atomic E-state index is 12.0. The van der Waals surface area contributed by atoms with Gasteiger partial charge in [0.15, 0.2) is 0 Å². The van der Waals surface area contributed by atoms with Crippen LogP contribution >= 0.6 is 11.6 Å². The molecule has 6 nitrogen and oxygen atoms in total. The zero-order chi connectivity index (χ0) is 17.4. The molecule has 1 rings (SSSR count). The van der Waals surface area contributed by atoms with Crippen LogP contribution < -0.4 is 0 Å². The highest BCUT2D eigenvalue weighted by molar-refractivity contribution is 6.30. The van der Waals surface area contributed by atoms with Crippen LogP contribution in [0.25, 0.3) is 5.57 Å². The molecule has 7 heteroatoms. The highest BCUT2D eigenvalue weighted by Crippen LogP contribution is 2.28. The Morgan fingerprint density at radius 2 is 1.65 bits per heavy atom. The van der Waals surface area contributed by atoms with Gasteiger partial charge in [-0.2, -0.15) is 10.5 Å². The Bertz CT molecular complexity index is 749. The third-order valence-electron chi connectivity index (χ3n) is 2.74. The first kappa shape index (κ1) is 18.0. The molecule has 1 aromatic rings. The van der Waals surface area contributed by atoms with Crippen molar-refractivity contribution in [2.75, 3.05) is 14.2 Å². The van der Waals surface area contributed by atoms with Crippen molar-refractivity contribution in [2.24, 2.45) is 0 Å². The normalized spacial score (nSPS) is 10.0. The van der Waals surface area contributed by atoms with E-state index in [0.717, 1.165) is 20.3 Å². The molecule has 0 saturated carbocycles. The van der Waals surface area contributed by atoms with E-state index in [9.17, 15) is 9.59 Å². The summed E-state index contributed by atoms with van der Waals surface area (Å²) >= 11 is 5.81. The van der Waals surface area contributed by atoms with E-state index in [-0.39, 0.29) is 16.7 Å². The van der Waals surface area contributed by atoms with Crippen LogP contribution in [0.15, 0.2) is 41.5 Å². The van der Waals surface area contributed by atoms with Gasteiger partial charge < -0.3 is 9.47 Å². The molecule has 0 fully saturated rings. The first-order valence-corrected chi connectivity index (χ1v) is 6.55. The van der Waals surface area contributed by atoms with E-state index in [1.807, 2.05) is 0 Å². The van der Waals surface area contributed by atoms with Gasteiger partial charge in [-0.05, 0) is 17.7 Å². The Morgan fingerprint density at radius 1 is 1.09 bits per heavy atom. The molecule has 0 radical (unpaired) electrons. The summed E-state index contributed by atoms with van der Waals surface area (Å²) in [7, 11) is 2.25. The number of allylic oxidation sites excluding steroid dienone is 1. The minimum Gasteiger partial charge on any atom is -0.466 e. The number of carbonyl (C=O) groups is 2. The minimum atomic E-state index is -0.886. The molecule has 0 aromatic heterocycles. The van der Waals surface area contributed by atoms with Crippen LogP contribution in [0.1, 0.15) is 5.56 Å². The summed E-state index contributed by atoms with van der Waals surface area (Å²) in [5, 5.41) is 18.7. The van der Waals surface area contributed by atoms with Gasteiger partial charge in [0.05, 0.1) is 19.8 Å². The number of hydrogen-bond donors (Lipinski definition) is 0. The van der Waals surface area contributed by atoms with E-state index < -0.39 is 11.9 Å². The van der Waals surface area contributed by atoms with Crippen LogP contribution in [-0.2, 0) is 19.1 Å². The lowest BCUT2D eigenvalue weighted by Gasteiger charge is -2.11. The molecule has 0 amide bonds. The number of halogens is 1. The lowest BCUT2D eigenvalue weighted by molar-refractivity contribution is -0.138. The van der Waals surface area contributed by atoms with Gasteiger partial charge in [0.1, 0.15) is 17.7 Å². The van der Waals surface area contributed by atoms with Crippen LogP contribution in [-0.4, -0.2) is 26.2 Å². The van der Waals surface area contributed by atoms with Crippen LogP contribution in [0, 0.1) is 22.7 Å². The van der Waals surface area contributed by atoms with Gasteiger partial charge in [0.2, 0.25) is 0 Å². The summed E-state index contributed by atoms with van der Waals surface area (Å²) in [5.41, 5.74) is -0.301. The number of esters is 2. The topological polar surface area (TPSA) is 100 Å². The Hall–Kier alpha value is -3.09. The predicted octanol–water partition coefficient (Wildman–Crippen LogP) is 2.41. The summed E-state index contributed by atoms with van der Waals surface area (Å²) < 4.78 is 9.12. The van der Waals surface area contributed by atoms with E-state index >= 15 is 0 Å². The molecule has 0 aliphatic rings. The van der Waals surface area contributed by atoms with Gasteiger partial charge in [-0.15, -0.1) is 0 Å². The first-order valence-electron chi connectivity index (χ1n) is 6.17. The van der Waals surface area contributed by atoms with E-state index in [2.05, 4.69) is 9.47 Å². The van der Waals surface area contributed by atoms with Gasteiger partial charge in [-0.3, -0.25) is 0 Å². The fourth-order valence-corrected chi connectivity index (χ4v) is 1.83. The van der Waals surface area contributed by atoms with Crippen molar-refractivity contribution < 1.29 is 19.1 Å². The summed E-state index contributed by atoms with van der Waals surface area (Å²) in [6.07, 6.45) is 0.866. The fourth-order valence-electron chi connectivity index (χ4n) is 1.71. The van der Waals surface area contributed by atoms with Crippen molar-refractivity contribution in [3.05, 3.63) is 52.1 Å². The molecule has 0 spiro atoms. The van der Waals surface area contributed by atoms with E-state index in [1.54, 1.807) is 12.1 Å². The average Bonchev–Trinajstić information content (AvgIpc) is 2.58. The molecule has 0 bridgehead atoms. The summed E-state index contributed by atoms with van der Waals surface area (Å²) in [4.78, 5) is 23.5. The van der Waals surface area contributed by atoms with Crippen molar-refractivity contribution in [1.29, 1.82) is 10.5 Å². The van der Waals surface area contributed by atoms with Gasteiger partial charge in [-0.1, -0.05) is 23.7 Å². The predicted molar refractivity (Wildman–Crippen MR) is 81.7 cm³/mol.